The van der Waals surface area contributed by atoms with E-state index in [-0.39, 0.29) is 22.9 Å². The molecule has 0 aliphatic carbocycles. The molecule has 3 N–H and O–H groups in total. The number of aromatic nitrogens is 2. The topological polar surface area (TPSA) is 158 Å². The summed E-state index contributed by atoms with van der Waals surface area (Å²) in [7, 11) is 0. The van der Waals surface area contributed by atoms with Crippen LogP contribution in [0.3, 0.4) is 0 Å². The molecule has 10 nitrogen and oxygen atoms in total. The van der Waals surface area contributed by atoms with Crippen LogP contribution < -0.4 is 11.3 Å². The summed E-state index contributed by atoms with van der Waals surface area (Å²) in [5.41, 5.74) is 2.96. The first kappa shape index (κ1) is 13.1. The van der Waals surface area contributed by atoms with Gasteiger partial charge in [0, 0.05) is 17.7 Å². The summed E-state index contributed by atoms with van der Waals surface area (Å²) in [5, 5.41) is 21.6. The number of hydrogen-bond acceptors (Lipinski definition) is 7. The van der Waals surface area contributed by atoms with Crippen LogP contribution in [0.1, 0.15) is 0 Å². The average Bonchev–Trinajstić information content (AvgIpc) is 2.37. The van der Waals surface area contributed by atoms with Gasteiger partial charge in [0.15, 0.2) is 5.69 Å². The molecule has 20 heavy (non-hydrogen) atoms. The molecule has 1 aromatic heterocycles. The second-order valence-electron chi connectivity index (χ2n) is 3.71. The number of nitrogens with one attached hydrogen (secondary N) is 1. The van der Waals surface area contributed by atoms with Crippen LogP contribution in [0, 0.1) is 20.2 Å². The predicted molar refractivity (Wildman–Crippen MR) is 68.0 cm³/mol. The Balaban J connectivity index is 2.75. The summed E-state index contributed by atoms with van der Waals surface area (Å²) in [6.45, 7) is 0. The van der Waals surface area contributed by atoms with E-state index < -0.39 is 21.1 Å². The Labute approximate surface area is 110 Å². The van der Waals surface area contributed by atoms with E-state index in [4.69, 9.17) is 5.73 Å². The number of rotatable bonds is 3. The molecular weight excluding hydrogens is 270 g/mol. The van der Waals surface area contributed by atoms with E-state index in [0.29, 0.717) is 0 Å². The van der Waals surface area contributed by atoms with Crippen molar-refractivity contribution in [1.29, 1.82) is 0 Å². The number of nitrogen functional groups attached to an aromatic ring is 1. The van der Waals surface area contributed by atoms with E-state index in [1.807, 2.05) is 4.98 Å². The molecule has 0 spiro atoms. The minimum absolute atomic E-state index is 0.0590. The number of nitrogens with two attached hydrogens (primary N) is 1. The van der Waals surface area contributed by atoms with E-state index in [2.05, 4.69) is 4.98 Å². The number of non-ortho nitro benzene ring substituents is 1. The fourth-order valence-electron chi connectivity index (χ4n) is 1.62. The van der Waals surface area contributed by atoms with Crippen molar-refractivity contribution >= 4 is 17.3 Å². The number of hydrogen-bond donors (Lipinski definition) is 2. The van der Waals surface area contributed by atoms with Gasteiger partial charge in [0.25, 0.3) is 5.69 Å². The van der Waals surface area contributed by atoms with Crippen molar-refractivity contribution in [2.24, 2.45) is 0 Å². The number of nitrogens with zero attached hydrogens (tertiary/aromatic N) is 3. The predicted octanol–water partition coefficient (Wildman–Crippen LogP) is 0.835. The van der Waals surface area contributed by atoms with Crippen molar-refractivity contribution in [2.45, 2.75) is 0 Å². The standard InChI is InChI=1S/C10H7N5O5/c11-10-12-7(8(15(19)20)9(16)13-10)5-2-1-3-6(4-5)14(17)18/h1-4H,(H3,11,12,13,16). The fourth-order valence-corrected chi connectivity index (χ4v) is 1.62. The summed E-state index contributed by atoms with van der Waals surface area (Å²) >= 11 is 0. The van der Waals surface area contributed by atoms with Crippen molar-refractivity contribution in [2.75, 3.05) is 5.73 Å². The van der Waals surface area contributed by atoms with Gasteiger partial charge in [-0.2, -0.15) is 0 Å². The Kier molecular flexibility index (Phi) is 3.13. The SMILES string of the molecule is Nc1nc(-c2cccc([N+](=O)[O-])c2)c([N+](=O)[O-])c(=O)[nH]1. The van der Waals surface area contributed by atoms with Gasteiger partial charge in [-0.15, -0.1) is 0 Å². The lowest BCUT2D eigenvalue weighted by Gasteiger charge is -2.02. The molecule has 0 aliphatic heterocycles. The molecule has 0 atom stereocenters. The molecule has 0 saturated carbocycles. The Bertz CT molecular complexity index is 769. The Morgan fingerprint density at radius 1 is 1.20 bits per heavy atom. The van der Waals surface area contributed by atoms with Gasteiger partial charge in [-0.1, -0.05) is 12.1 Å². The van der Waals surface area contributed by atoms with Gasteiger partial charge in [0.1, 0.15) is 0 Å². The lowest BCUT2D eigenvalue weighted by atomic mass is 10.1. The minimum atomic E-state index is -1.02. The van der Waals surface area contributed by atoms with Gasteiger partial charge in [0.2, 0.25) is 5.95 Å². The van der Waals surface area contributed by atoms with Crippen LogP contribution in [0.2, 0.25) is 0 Å². The highest BCUT2D eigenvalue weighted by atomic mass is 16.6. The zero-order valence-corrected chi connectivity index (χ0v) is 9.77. The highest BCUT2D eigenvalue weighted by molar-refractivity contribution is 5.71. The minimum Gasteiger partial charge on any atom is -0.369 e. The number of benzene rings is 1. The van der Waals surface area contributed by atoms with Crippen LogP contribution in [-0.4, -0.2) is 19.8 Å². The van der Waals surface area contributed by atoms with Crippen LogP contribution >= 0.6 is 0 Å². The van der Waals surface area contributed by atoms with Crippen molar-refractivity contribution in [3.63, 3.8) is 0 Å². The molecule has 102 valence electrons. The summed E-state index contributed by atoms with van der Waals surface area (Å²) in [6.07, 6.45) is 0. The van der Waals surface area contributed by atoms with Crippen LogP contribution in [0.5, 0.6) is 0 Å². The number of nitro benzene ring substituents is 1. The largest absolute Gasteiger partial charge is 0.369 e. The van der Waals surface area contributed by atoms with Crippen LogP contribution in [-0.2, 0) is 0 Å². The number of H-pyrrole nitrogens is 1. The first-order valence-electron chi connectivity index (χ1n) is 5.19. The quantitative estimate of drug-likeness (QED) is 0.620. The molecule has 0 amide bonds. The van der Waals surface area contributed by atoms with E-state index in [1.165, 1.54) is 18.2 Å². The van der Waals surface area contributed by atoms with Crippen molar-refractivity contribution in [3.05, 3.63) is 54.8 Å². The molecule has 0 aliphatic rings. The highest BCUT2D eigenvalue weighted by Gasteiger charge is 2.24. The Morgan fingerprint density at radius 2 is 1.90 bits per heavy atom. The monoisotopic (exact) mass is 277 g/mol. The second kappa shape index (κ2) is 4.76. The molecule has 10 heteroatoms. The fraction of sp³-hybridized carbons (Fsp3) is 0. The van der Waals surface area contributed by atoms with Gasteiger partial charge >= 0.3 is 11.2 Å². The van der Waals surface area contributed by atoms with E-state index >= 15 is 0 Å². The molecule has 1 heterocycles. The molecule has 0 radical (unpaired) electrons. The third kappa shape index (κ3) is 2.29. The zero-order chi connectivity index (χ0) is 14.9. The van der Waals surface area contributed by atoms with Gasteiger partial charge in [0.05, 0.1) is 9.85 Å². The summed E-state index contributed by atoms with van der Waals surface area (Å²) in [6, 6.07) is 4.98. The van der Waals surface area contributed by atoms with Crippen molar-refractivity contribution < 1.29 is 9.85 Å². The zero-order valence-electron chi connectivity index (χ0n) is 9.77. The van der Waals surface area contributed by atoms with E-state index in [0.717, 1.165) is 6.07 Å². The molecule has 0 saturated heterocycles. The van der Waals surface area contributed by atoms with E-state index in [9.17, 15) is 25.0 Å². The number of anilines is 1. The lowest BCUT2D eigenvalue weighted by Crippen LogP contribution is -2.16. The van der Waals surface area contributed by atoms with Gasteiger partial charge < -0.3 is 5.73 Å². The smallest absolute Gasteiger partial charge is 0.359 e. The summed E-state index contributed by atoms with van der Waals surface area (Å²) in [5.74, 6) is -0.317. The van der Waals surface area contributed by atoms with Crippen molar-refractivity contribution in [3.8, 4) is 11.3 Å². The van der Waals surface area contributed by atoms with Crippen LogP contribution in [0.4, 0.5) is 17.3 Å². The first-order valence-corrected chi connectivity index (χ1v) is 5.19. The molecule has 0 unspecified atom stereocenters. The molecule has 0 bridgehead atoms. The summed E-state index contributed by atoms with van der Waals surface area (Å²) < 4.78 is 0. The molecule has 2 aromatic rings. The van der Waals surface area contributed by atoms with Crippen molar-refractivity contribution in [1.82, 2.24) is 9.97 Å². The first-order chi connectivity index (χ1) is 9.40. The second-order valence-corrected chi connectivity index (χ2v) is 3.71. The molecule has 1 aromatic carbocycles. The van der Waals surface area contributed by atoms with Gasteiger partial charge in [-0.25, -0.2) is 4.98 Å². The average molecular weight is 277 g/mol. The van der Waals surface area contributed by atoms with Gasteiger partial charge in [-0.3, -0.25) is 30.0 Å². The van der Waals surface area contributed by atoms with Crippen LogP contribution in [0.25, 0.3) is 11.3 Å². The maximum Gasteiger partial charge on any atom is 0.359 e. The molecular formula is C10H7N5O5. The lowest BCUT2D eigenvalue weighted by molar-refractivity contribution is -0.386. The summed E-state index contributed by atoms with van der Waals surface area (Å²) in [4.78, 5) is 37.3. The maximum atomic E-state index is 11.5. The Hall–Kier alpha value is -3.30. The third-order valence-corrected chi connectivity index (χ3v) is 2.43. The normalized spacial score (nSPS) is 10.2. The number of nitro groups is 2. The maximum absolute atomic E-state index is 11.5. The molecule has 0 fully saturated rings. The van der Waals surface area contributed by atoms with E-state index in [1.54, 1.807) is 0 Å². The highest BCUT2D eigenvalue weighted by Crippen LogP contribution is 2.27. The number of aromatic amines is 1. The molecule has 2 rings (SSSR count). The van der Waals surface area contributed by atoms with Crippen LogP contribution in [0.15, 0.2) is 29.1 Å². The van der Waals surface area contributed by atoms with Gasteiger partial charge in [-0.05, 0) is 0 Å². The third-order valence-electron chi connectivity index (χ3n) is 2.43. The Morgan fingerprint density at radius 3 is 2.50 bits per heavy atom.